The number of hydrogen-bond donors (Lipinski definition) is 1. The summed E-state index contributed by atoms with van der Waals surface area (Å²) in [5.74, 6) is 0.0347. The molecule has 0 spiro atoms. The maximum Gasteiger partial charge on any atom is 0.231 e. The van der Waals surface area contributed by atoms with Crippen LogP contribution in [0.5, 0.6) is 0 Å². The van der Waals surface area contributed by atoms with Crippen LogP contribution in [0.4, 0.5) is 0 Å². The summed E-state index contributed by atoms with van der Waals surface area (Å²) < 4.78 is 0. The average molecular weight is 171 g/mol. The summed E-state index contributed by atoms with van der Waals surface area (Å²) in [6.45, 7) is 7.82. The van der Waals surface area contributed by atoms with Crippen LogP contribution in [0.3, 0.4) is 0 Å². The molecule has 1 fully saturated rings. The van der Waals surface area contributed by atoms with Crippen molar-refractivity contribution < 1.29 is 4.79 Å². The van der Waals surface area contributed by atoms with Crippen LogP contribution < -0.4 is 5.32 Å². The minimum atomic E-state index is -0.371. The van der Waals surface area contributed by atoms with Crippen molar-refractivity contribution in [2.45, 2.75) is 27.7 Å². The van der Waals surface area contributed by atoms with E-state index in [0.717, 1.165) is 0 Å². The molecule has 0 atom stereocenters. The van der Waals surface area contributed by atoms with Crippen molar-refractivity contribution >= 4 is 23.1 Å². The molecule has 1 saturated heterocycles. The SMILES string of the molecule is CC1(C)C(=O)NC(=S)C1(C)C. The van der Waals surface area contributed by atoms with Gasteiger partial charge in [0.1, 0.15) is 0 Å². The normalized spacial score (nSPS) is 26.9. The third-order valence-corrected chi connectivity index (χ3v) is 3.54. The second-order valence-corrected chi connectivity index (χ2v) is 4.44. The number of thiocarbonyl (C=S) groups is 1. The maximum atomic E-state index is 11.3. The van der Waals surface area contributed by atoms with E-state index in [2.05, 4.69) is 5.32 Å². The molecule has 0 aromatic rings. The van der Waals surface area contributed by atoms with E-state index in [4.69, 9.17) is 12.2 Å². The second kappa shape index (κ2) is 2.03. The number of amides is 1. The molecule has 1 amide bonds. The van der Waals surface area contributed by atoms with E-state index >= 15 is 0 Å². The lowest BCUT2D eigenvalue weighted by molar-refractivity contribution is -0.128. The van der Waals surface area contributed by atoms with Crippen molar-refractivity contribution in [3.63, 3.8) is 0 Å². The summed E-state index contributed by atoms with van der Waals surface area (Å²) in [6.07, 6.45) is 0. The minimum Gasteiger partial charge on any atom is -0.320 e. The van der Waals surface area contributed by atoms with Gasteiger partial charge < -0.3 is 5.32 Å². The molecule has 0 bridgehead atoms. The zero-order valence-corrected chi connectivity index (χ0v) is 8.13. The number of nitrogens with one attached hydrogen (secondary N) is 1. The third kappa shape index (κ3) is 0.906. The Hall–Kier alpha value is -0.440. The van der Waals surface area contributed by atoms with Crippen LogP contribution in [-0.2, 0) is 4.79 Å². The molecule has 62 valence electrons. The van der Waals surface area contributed by atoms with Crippen molar-refractivity contribution in [1.82, 2.24) is 5.32 Å². The smallest absolute Gasteiger partial charge is 0.231 e. The molecule has 0 unspecified atom stereocenters. The third-order valence-electron chi connectivity index (χ3n) is 2.92. The van der Waals surface area contributed by atoms with Gasteiger partial charge in [0.2, 0.25) is 5.91 Å². The van der Waals surface area contributed by atoms with Crippen LogP contribution >= 0.6 is 12.2 Å². The van der Waals surface area contributed by atoms with Crippen molar-refractivity contribution in [3.05, 3.63) is 0 Å². The zero-order chi connectivity index (χ0) is 8.86. The molecular formula is C8H13NOS. The van der Waals surface area contributed by atoms with Gasteiger partial charge in [0.05, 0.1) is 10.4 Å². The Morgan fingerprint density at radius 2 is 1.64 bits per heavy atom. The molecule has 0 saturated carbocycles. The summed E-state index contributed by atoms with van der Waals surface area (Å²) in [5, 5.41) is 2.69. The molecule has 11 heavy (non-hydrogen) atoms. The number of carbonyl (C=O) groups excluding carboxylic acids is 1. The molecule has 1 aliphatic rings. The minimum absolute atomic E-state index is 0.0347. The molecule has 1 N–H and O–H groups in total. The Morgan fingerprint density at radius 1 is 1.18 bits per heavy atom. The van der Waals surface area contributed by atoms with E-state index < -0.39 is 0 Å². The van der Waals surface area contributed by atoms with E-state index in [1.807, 2.05) is 27.7 Å². The van der Waals surface area contributed by atoms with Crippen molar-refractivity contribution in [1.29, 1.82) is 0 Å². The lowest BCUT2D eigenvalue weighted by Gasteiger charge is -2.30. The van der Waals surface area contributed by atoms with E-state index in [-0.39, 0.29) is 16.7 Å². The lowest BCUT2D eigenvalue weighted by Crippen LogP contribution is -2.34. The Morgan fingerprint density at radius 3 is 1.73 bits per heavy atom. The van der Waals surface area contributed by atoms with Gasteiger partial charge in [-0.2, -0.15) is 0 Å². The average Bonchev–Trinajstić information content (AvgIpc) is 1.95. The molecule has 1 aliphatic heterocycles. The fourth-order valence-corrected chi connectivity index (χ4v) is 1.33. The first-order valence-electron chi connectivity index (χ1n) is 3.66. The summed E-state index contributed by atoms with van der Waals surface area (Å²) >= 11 is 5.05. The largest absolute Gasteiger partial charge is 0.320 e. The quantitative estimate of drug-likeness (QED) is 0.560. The molecule has 1 heterocycles. The summed E-state index contributed by atoms with van der Waals surface area (Å²) in [4.78, 5) is 12.0. The van der Waals surface area contributed by atoms with Gasteiger partial charge in [-0.3, -0.25) is 4.79 Å². The van der Waals surface area contributed by atoms with Crippen molar-refractivity contribution in [3.8, 4) is 0 Å². The Bertz CT molecular complexity index is 206. The van der Waals surface area contributed by atoms with Gasteiger partial charge in [0.25, 0.3) is 0 Å². The molecule has 3 heteroatoms. The van der Waals surface area contributed by atoms with Gasteiger partial charge in [0, 0.05) is 5.41 Å². The Labute approximate surface area is 72.4 Å². The van der Waals surface area contributed by atoms with Crippen LogP contribution in [0.2, 0.25) is 0 Å². The highest BCUT2D eigenvalue weighted by Crippen LogP contribution is 2.43. The topological polar surface area (TPSA) is 29.1 Å². The Kier molecular flexibility index (Phi) is 1.60. The summed E-state index contributed by atoms with van der Waals surface area (Å²) in [6, 6.07) is 0. The van der Waals surface area contributed by atoms with Crippen molar-refractivity contribution in [2.24, 2.45) is 10.8 Å². The van der Waals surface area contributed by atoms with Crippen LogP contribution in [0.1, 0.15) is 27.7 Å². The first-order chi connectivity index (χ1) is 4.80. The van der Waals surface area contributed by atoms with Gasteiger partial charge >= 0.3 is 0 Å². The number of rotatable bonds is 0. The van der Waals surface area contributed by atoms with Gasteiger partial charge in [-0.1, -0.05) is 39.9 Å². The highest BCUT2D eigenvalue weighted by molar-refractivity contribution is 7.80. The predicted octanol–water partition coefficient (Wildman–Crippen LogP) is 1.50. The molecular weight excluding hydrogens is 158 g/mol. The van der Waals surface area contributed by atoms with Gasteiger partial charge in [0.15, 0.2) is 0 Å². The van der Waals surface area contributed by atoms with Crippen LogP contribution in [0, 0.1) is 10.8 Å². The van der Waals surface area contributed by atoms with E-state index in [0.29, 0.717) is 4.99 Å². The molecule has 2 nitrogen and oxygen atoms in total. The maximum absolute atomic E-state index is 11.3. The fraction of sp³-hybridized carbons (Fsp3) is 0.750. The molecule has 0 aromatic carbocycles. The molecule has 0 radical (unpaired) electrons. The van der Waals surface area contributed by atoms with Crippen molar-refractivity contribution in [2.75, 3.05) is 0 Å². The van der Waals surface area contributed by atoms with Gasteiger partial charge in [-0.15, -0.1) is 0 Å². The van der Waals surface area contributed by atoms with Gasteiger partial charge in [-0.05, 0) is 0 Å². The van der Waals surface area contributed by atoms with E-state index in [9.17, 15) is 4.79 Å². The highest BCUT2D eigenvalue weighted by atomic mass is 32.1. The van der Waals surface area contributed by atoms with E-state index in [1.165, 1.54) is 0 Å². The monoisotopic (exact) mass is 171 g/mol. The molecule has 0 aromatic heterocycles. The summed E-state index contributed by atoms with van der Waals surface area (Å²) in [7, 11) is 0. The molecule has 0 aliphatic carbocycles. The number of hydrogen-bond acceptors (Lipinski definition) is 2. The van der Waals surface area contributed by atoms with Crippen LogP contribution in [0.15, 0.2) is 0 Å². The Balaban J connectivity index is 3.15. The zero-order valence-electron chi connectivity index (χ0n) is 7.32. The predicted molar refractivity (Wildman–Crippen MR) is 48.3 cm³/mol. The second-order valence-electron chi connectivity index (χ2n) is 4.03. The molecule has 1 rings (SSSR count). The summed E-state index contributed by atoms with van der Waals surface area (Å²) in [5.41, 5.74) is -0.580. The van der Waals surface area contributed by atoms with Crippen LogP contribution in [0.25, 0.3) is 0 Å². The first-order valence-corrected chi connectivity index (χ1v) is 4.07. The standard InChI is InChI=1S/C8H13NOS/c1-7(2)5(10)9-6(11)8(7,3)4/h1-4H3,(H,9,10,11). The number of carbonyl (C=O) groups is 1. The van der Waals surface area contributed by atoms with E-state index in [1.54, 1.807) is 0 Å². The van der Waals surface area contributed by atoms with Gasteiger partial charge in [-0.25, -0.2) is 0 Å². The fourth-order valence-electron chi connectivity index (χ4n) is 0.983. The highest BCUT2D eigenvalue weighted by Gasteiger charge is 2.52. The van der Waals surface area contributed by atoms with Crippen LogP contribution in [-0.4, -0.2) is 10.9 Å². The first kappa shape index (κ1) is 8.65. The lowest BCUT2D eigenvalue weighted by atomic mass is 9.70.